The van der Waals surface area contributed by atoms with Crippen molar-refractivity contribution in [3.8, 4) is 0 Å². The molecule has 1 aromatic carbocycles. The van der Waals surface area contributed by atoms with E-state index in [1.807, 2.05) is 0 Å². The highest BCUT2D eigenvalue weighted by molar-refractivity contribution is 7.14. The van der Waals surface area contributed by atoms with E-state index in [0.29, 0.717) is 33.0 Å². The van der Waals surface area contributed by atoms with Gasteiger partial charge in [-0.1, -0.05) is 23.2 Å². The summed E-state index contributed by atoms with van der Waals surface area (Å²) in [7, 11) is 0. The summed E-state index contributed by atoms with van der Waals surface area (Å²) in [4.78, 5) is 42.5. The van der Waals surface area contributed by atoms with E-state index in [-0.39, 0.29) is 17.9 Å². The summed E-state index contributed by atoms with van der Waals surface area (Å²) in [6.07, 6.45) is 2.05. The number of benzene rings is 1. The molecule has 3 aromatic rings. The topological polar surface area (TPSA) is 104 Å². The van der Waals surface area contributed by atoms with Gasteiger partial charge < -0.3 is 10.3 Å². The quantitative estimate of drug-likeness (QED) is 0.543. The van der Waals surface area contributed by atoms with Crippen LogP contribution in [0.5, 0.6) is 0 Å². The maximum Gasteiger partial charge on any atom is 0.263 e. The van der Waals surface area contributed by atoms with Crippen molar-refractivity contribution in [2.75, 3.05) is 10.6 Å². The lowest BCUT2D eigenvalue weighted by molar-refractivity contribution is -0.116. The van der Waals surface area contributed by atoms with E-state index in [1.54, 1.807) is 29.6 Å². The van der Waals surface area contributed by atoms with Gasteiger partial charge in [0.05, 0.1) is 15.7 Å². The van der Waals surface area contributed by atoms with Gasteiger partial charge in [-0.25, -0.2) is 4.98 Å². The van der Waals surface area contributed by atoms with Gasteiger partial charge in [-0.2, -0.15) is 0 Å². The monoisotopic (exact) mass is 436 g/mol. The molecule has 0 unspecified atom stereocenters. The normalized spacial score (nSPS) is 10.5. The van der Waals surface area contributed by atoms with E-state index in [4.69, 9.17) is 23.2 Å². The highest BCUT2D eigenvalue weighted by atomic mass is 35.5. The number of H-pyrrole nitrogens is 1. The van der Waals surface area contributed by atoms with Gasteiger partial charge in [-0.3, -0.25) is 19.7 Å². The molecule has 0 atom stereocenters. The summed E-state index contributed by atoms with van der Waals surface area (Å²) in [5.74, 6) is -0.743. The minimum absolute atomic E-state index is 0.000234. The highest BCUT2D eigenvalue weighted by Gasteiger charge is 2.13. The second kappa shape index (κ2) is 9.01. The third-order valence-electron chi connectivity index (χ3n) is 3.65. The van der Waals surface area contributed by atoms with Crippen LogP contribution in [0.3, 0.4) is 0 Å². The Kier molecular flexibility index (Phi) is 6.45. The number of anilines is 2. The molecule has 0 radical (unpaired) electrons. The molecule has 3 N–H and O–H groups in total. The number of halogens is 2. The van der Waals surface area contributed by atoms with Crippen LogP contribution in [0.1, 0.15) is 22.5 Å². The van der Waals surface area contributed by atoms with Crippen LogP contribution in [-0.2, 0) is 11.2 Å². The minimum atomic E-state index is -0.542. The van der Waals surface area contributed by atoms with Crippen molar-refractivity contribution in [1.82, 2.24) is 9.97 Å². The second-order valence-corrected chi connectivity index (χ2v) is 7.36. The number of aromatic amines is 1. The predicted molar refractivity (Wildman–Crippen MR) is 111 cm³/mol. The van der Waals surface area contributed by atoms with Crippen molar-refractivity contribution in [3.05, 3.63) is 73.6 Å². The van der Waals surface area contributed by atoms with Gasteiger partial charge in [0.1, 0.15) is 5.56 Å². The molecule has 10 heteroatoms. The third-order valence-corrected chi connectivity index (χ3v) is 5.19. The SMILES string of the molecule is O=C(CCc1csc(NC(=O)c2ccc[nH]c2=O)n1)Nc1ccc(Cl)c(Cl)c1. The first kappa shape index (κ1) is 20.1. The molecule has 0 bridgehead atoms. The Morgan fingerprint density at radius 3 is 2.71 bits per heavy atom. The van der Waals surface area contributed by atoms with Crippen molar-refractivity contribution in [3.63, 3.8) is 0 Å². The van der Waals surface area contributed by atoms with Crippen LogP contribution in [0.2, 0.25) is 10.0 Å². The smallest absolute Gasteiger partial charge is 0.263 e. The lowest BCUT2D eigenvalue weighted by Gasteiger charge is -2.05. The number of nitrogens with one attached hydrogen (secondary N) is 3. The number of hydrogen-bond acceptors (Lipinski definition) is 5. The van der Waals surface area contributed by atoms with E-state index in [2.05, 4.69) is 20.6 Å². The standard InChI is InChI=1S/C18H14Cl2N4O3S/c19-13-5-3-10(8-14(13)20)22-15(25)6-4-11-9-28-18(23-11)24-17(27)12-2-1-7-21-16(12)26/h1-3,5,7-9H,4,6H2,(H,21,26)(H,22,25)(H,23,24,27). The van der Waals surface area contributed by atoms with E-state index >= 15 is 0 Å². The largest absolute Gasteiger partial charge is 0.328 e. The Bertz CT molecular complexity index is 1080. The Morgan fingerprint density at radius 2 is 1.96 bits per heavy atom. The summed E-state index contributed by atoms with van der Waals surface area (Å²) in [5, 5.41) is 8.18. The van der Waals surface area contributed by atoms with Crippen LogP contribution in [-0.4, -0.2) is 21.8 Å². The number of rotatable bonds is 6. The van der Waals surface area contributed by atoms with Crippen LogP contribution >= 0.6 is 34.5 Å². The Morgan fingerprint density at radius 1 is 1.14 bits per heavy atom. The van der Waals surface area contributed by atoms with Crippen LogP contribution in [0.25, 0.3) is 0 Å². The number of pyridine rings is 1. The van der Waals surface area contributed by atoms with Crippen LogP contribution in [0.15, 0.2) is 46.7 Å². The van der Waals surface area contributed by atoms with Gasteiger partial charge >= 0.3 is 0 Å². The third kappa shape index (κ3) is 5.19. The average Bonchev–Trinajstić information content (AvgIpc) is 3.11. The van der Waals surface area contributed by atoms with Crippen molar-refractivity contribution >= 4 is 57.2 Å². The van der Waals surface area contributed by atoms with Crippen molar-refractivity contribution < 1.29 is 9.59 Å². The van der Waals surface area contributed by atoms with Gasteiger partial charge in [-0.15, -0.1) is 11.3 Å². The first-order valence-corrected chi connectivity index (χ1v) is 9.74. The number of nitrogens with zero attached hydrogens (tertiary/aromatic N) is 1. The molecule has 2 amide bonds. The summed E-state index contributed by atoms with van der Waals surface area (Å²) in [5.41, 5.74) is 0.737. The zero-order chi connectivity index (χ0) is 20.1. The van der Waals surface area contributed by atoms with Crippen molar-refractivity contribution in [1.29, 1.82) is 0 Å². The molecule has 2 aromatic heterocycles. The van der Waals surface area contributed by atoms with Crippen molar-refractivity contribution in [2.24, 2.45) is 0 Å². The fourth-order valence-electron chi connectivity index (χ4n) is 2.28. The molecule has 28 heavy (non-hydrogen) atoms. The number of aromatic nitrogens is 2. The van der Waals surface area contributed by atoms with Gasteiger partial charge in [0, 0.05) is 23.7 Å². The number of amides is 2. The first-order chi connectivity index (χ1) is 13.4. The lowest BCUT2D eigenvalue weighted by atomic mass is 10.2. The van der Waals surface area contributed by atoms with E-state index < -0.39 is 11.5 Å². The molecule has 0 saturated carbocycles. The Labute approximate surface area is 173 Å². The maximum absolute atomic E-state index is 12.1. The molecule has 0 spiro atoms. The van der Waals surface area contributed by atoms with E-state index in [1.165, 1.54) is 23.6 Å². The fraction of sp³-hybridized carbons (Fsp3) is 0.111. The molecule has 0 aliphatic carbocycles. The van der Waals surface area contributed by atoms with Gasteiger partial charge in [0.15, 0.2) is 5.13 Å². The molecule has 7 nitrogen and oxygen atoms in total. The summed E-state index contributed by atoms with van der Waals surface area (Å²) in [6, 6.07) is 7.83. The molecule has 0 fully saturated rings. The van der Waals surface area contributed by atoms with Gasteiger partial charge in [-0.05, 0) is 36.8 Å². The maximum atomic E-state index is 12.1. The van der Waals surface area contributed by atoms with E-state index in [9.17, 15) is 14.4 Å². The zero-order valence-corrected chi connectivity index (χ0v) is 16.6. The molecule has 0 aliphatic rings. The predicted octanol–water partition coefficient (Wildman–Crippen LogP) is 3.96. The molecule has 144 valence electrons. The molecular weight excluding hydrogens is 423 g/mol. The Balaban J connectivity index is 1.53. The number of aryl methyl sites for hydroxylation is 1. The molecule has 0 aliphatic heterocycles. The minimum Gasteiger partial charge on any atom is -0.328 e. The zero-order valence-electron chi connectivity index (χ0n) is 14.3. The Hall–Kier alpha value is -2.68. The number of hydrogen-bond donors (Lipinski definition) is 3. The number of carbonyl (C=O) groups excluding carboxylic acids is 2. The summed E-state index contributed by atoms with van der Waals surface area (Å²) in [6.45, 7) is 0. The lowest BCUT2D eigenvalue weighted by Crippen LogP contribution is -2.22. The van der Waals surface area contributed by atoms with Crippen molar-refractivity contribution in [2.45, 2.75) is 12.8 Å². The van der Waals surface area contributed by atoms with Gasteiger partial charge in [0.25, 0.3) is 11.5 Å². The van der Waals surface area contributed by atoms with Gasteiger partial charge in [0.2, 0.25) is 5.91 Å². The number of carbonyl (C=O) groups is 2. The molecule has 2 heterocycles. The fourth-order valence-corrected chi connectivity index (χ4v) is 3.32. The summed E-state index contributed by atoms with van der Waals surface area (Å²) < 4.78 is 0. The van der Waals surface area contributed by atoms with E-state index in [0.717, 1.165) is 0 Å². The molecular formula is C18H14Cl2N4O3S. The number of thiazole rings is 1. The molecule has 3 rings (SSSR count). The highest BCUT2D eigenvalue weighted by Crippen LogP contribution is 2.25. The molecule has 0 saturated heterocycles. The summed E-state index contributed by atoms with van der Waals surface area (Å²) >= 11 is 13.0. The van der Waals surface area contributed by atoms with Crippen LogP contribution in [0, 0.1) is 0 Å². The van der Waals surface area contributed by atoms with Crippen LogP contribution < -0.4 is 16.2 Å². The first-order valence-electron chi connectivity index (χ1n) is 8.11. The average molecular weight is 437 g/mol. The van der Waals surface area contributed by atoms with Crippen LogP contribution in [0.4, 0.5) is 10.8 Å². The second-order valence-electron chi connectivity index (χ2n) is 5.69.